The zero-order chi connectivity index (χ0) is 16.1. The number of rotatable bonds is 2. The Bertz CT molecular complexity index is 449. The largest absolute Gasteiger partial charge is 0.339 e. The number of hydrogen-bond acceptors (Lipinski definition) is 2. The first-order valence-corrected chi connectivity index (χ1v) is 9.23. The molecule has 0 aromatic rings. The van der Waals surface area contributed by atoms with Crippen molar-refractivity contribution in [1.29, 1.82) is 0 Å². The molecule has 23 heavy (non-hydrogen) atoms. The van der Waals surface area contributed by atoms with Crippen molar-refractivity contribution in [3.63, 3.8) is 0 Å². The molecule has 2 fully saturated rings. The van der Waals surface area contributed by atoms with E-state index in [1.54, 1.807) is 0 Å². The molecule has 5 nitrogen and oxygen atoms in total. The second kappa shape index (κ2) is 7.84. The SMILES string of the molecule is O=C(NC1CCCCC1)N1CCN(C(=O)C2CC=CCC2)CC1. The lowest BCUT2D eigenvalue weighted by Gasteiger charge is -2.37. The first-order valence-electron chi connectivity index (χ1n) is 9.23. The predicted octanol–water partition coefficient (Wildman–Crippen LogP) is 2.53. The van der Waals surface area contributed by atoms with Crippen molar-refractivity contribution in [2.75, 3.05) is 26.2 Å². The Balaban J connectivity index is 1.43. The van der Waals surface area contributed by atoms with E-state index in [-0.39, 0.29) is 17.9 Å². The summed E-state index contributed by atoms with van der Waals surface area (Å²) in [6.07, 6.45) is 13.1. The van der Waals surface area contributed by atoms with Gasteiger partial charge in [0.05, 0.1) is 0 Å². The Hall–Kier alpha value is -1.52. The van der Waals surface area contributed by atoms with Gasteiger partial charge in [-0.3, -0.25) is 4.79 Å². The lowest BCUT2D eigenvalue weighted by atomic mass is 9.93. The maximum atomic E-state index is 12.5. The summed E-state index contributed by atoms with van der Waals surface area (Å²) in [5.74, 6) is 0.435. The highest BCUT2D eigenvalue weighted by molar-refractivity contribution is 5.80. The third-order valence-corrected chi connectivity index (χ3v) is 5.43. The fourth-order valence-electron chi connectivity index (χ4n) is 3.92. The zero-order valence-corrected chi connectivity index (χ0v) is 14.0. The molecule has 5 heteroatoms. The van der Waals surface area contributed by atoms with Crippen LogP contribution >= 0.6 is 0 Å². The number of amides is 3. The minimum Gasteiger partial charge on any atom is -0.339 e. The molecule has 1 atom stereocenters. The van der Waals surface area contributed by atoms with Gasteiger partial charge in [-0.1, -0.05) is 31.4 Å². The van der Waals surface area contributed by atoms with Gasteiger partial charge >= 0.3 is 6.03 Å². The standard InChI is InChI=1S/C18H29N3O2/c22-17(15-7-3-1-4-8-15)20-11-13-21(14-12-20)18(23)19-16-9-5-2-6-10-16/h1,3,15-16H,2,4-14H2,(H,19,23). The van der Waals surface area contributed by atoms with Crippen molar-refractivity contribution < 1.29 is 9.59 Å². The van der Waals surface area contributed by atoms with Crippen LogP contribution in [0.25, 0.3) is 0 Å². The Morgan fingerprint density at radius 3 is 2.22 bits per heavy atom. The fraction of sp³-hybridized carbons (Fsp3) is 0.778. The molecule has 1 saturated carbocycles. The average Bonchev–Trinajstić information content (AvgIpc) is 2.63. The molecule has 1 N–H and O–H groups in total. The minimum atomic E-state index is 0.0598. The van der Waals surface area contributed by atoms with E-state index < -0.39 is 0 Å². The number of carbonyl (C=O) groups is 2. The third-order valence-electron chi connectivity index (χ3n) is 5.43. The molecular weight excluding hydrogens is 290 g/mol. The van der Waals surface area contributed by atoms with Crippen molar-refractivity contribution in [3.8, 4) is 0 Å². The summed E-state index contributed by atoms with van der Waals surface area (Å²) < 4.78 is 0. The molecule has 1 unspecified atom stereocenters. The molecule has 3 amide bonds. The van der Waals surface area contributed by atoms with Crippen LogP contribution in [0.4, 0.5) is 4.79 Å². The van der Waals surface area contributed by atoms with Crippen LogP contribution in [-0.4, -0.2) is 54.0 Å². The molecule has 0 aromatic carbocycles. The number of hydrogen-bond donors (Lipinski definition) is 1. The predicted molar refractivity (Wildman–Crippen MR) is 90.0 cm³/mol. The molecule has 3 rings (SSSR count). The van der Waals surface area contributed by atoms with Crippen molar-refractivity contribution in [3.05, 3.63) is 12.2 Å². The summed E-state index contributed by atoms with van der Waals surface area (Å²) >= 11 is 0. The van der Waals surface area contributed by atoms with Gasteiger partial charge in [-0.2, -0.15) is 0 Å². The minimum absolute atomic E-state index is 0.0598. The number of nitrogens with one attached hydrogen (secondary N) is 1. The fourth-order valence-corrected chi connectivity index (χ4v) is 3.92. The number of allylic oxidation sites excluding steroid dienone is 2. The van der Waals surface area contributed by atoms with Crippen molar-refractivity contribution in [2.24, 2.45) is 5.92 Å². The highest BCUT2D eigenvalue weighted by atomic mass is 16.2. The summed E-state index contributed by atoms with van der Waals surface area (Å²) in [5.41, 5.74) is 0. The molecule has 0 radical (unpaired) electrons. The highest BCUT2D eigenvalue weighted by Crippen LogP contribution is 2.21. The summed E-state index contributed by atoms with van der Waals surface area (Å²) in [6, 6.07) is 0.412. The number of piperazine rings is 1. The number of carbonyl (C=O) groups excluding carboxylic acids is 2. The van der Waals surface area contributed by atoms with Crippen LogP contribution in [0.1, 0.15) is 51.4 Å². The zero-order valence-electron chi connectivity index (χ0n) is 14.0. The number of urea groups is 1. The maximum absolute atomic E-state index is 12.5. The van der Waals surface area contributed by atoms with Gasteiger partial charge in [-0.25, -0.2) is 4.79 Å². The maximum Gasteiger partial charge on any atom is 0.317 e. The molecule has 1 heterocycles. The van der Waals surface area contributed by atoms with Gasteiger partial charge in [-0.05, 0) is 32.1 Å². The van der Waals surface area contributed by atoms with Crippen LogP contribution in [0.3, 0.4) is 0 Å². The van der Waals surface area contributed by atoms with E-state index >= 15 is 0 Å². The molecule has 2 aliphatic carbocycles. The van der Waals surface area contributed by atoms with Crippen molar-refractivity contribution in [2.45, 2.75) is 57.4 Å². The molecule has 0 spiro atoms. The molecular formula is C18H29N3O2. The normalized spacial score (nSPS) is 26.2. The van der Waals surface area contributed by atoms with Crippen LogP contribution in [-0.2, 0) is 4.79 Å². The summed E-state index contributed by atoms with van der Waals surface area (Å²) in [7, 11) is 0. The average molecular weight is 319 g/mol. The summed E-state index contributed by atoms with van der Waals surface area (Å²) in [6.45, 7) is 2.67. The van der Waals surface area contributed by atoms with Crippen LogP contribution < -0.4 is 5.32 Å². The lowest BCUT2D eigenvalue weighted by molar-refractivity contribution is -0.137. The topological polar surface area (TPSA) is 52.7 Å². The monoisotopic (exact) mass is 319 g/mol. The van der Waals surface area contributed by atoms with Crippen LogP contribution in [0, 0.1) is 5.92 Å². The molecule has 1 saturated heterocycles. The van der Waals surface area contributed by atoms with Gasteiger partial charge in [0.25, 0.3) is 0 Å². The van der Waals surface area contributed by atoms with E-state index in [0.29, 0.717) is 32.2 Å². The molecule has 128 valence electrons. The Morgan fingerprint density at radius 1 is 0.870 bits per heavy atom. The lowest BCUT2D eigenvalue weighted by Crippen LogP contribution is -2.55. The van der Waals surface area contributed by atoms with Crippen LogP contribution in [0.2, 0.25) is 0 Å². The molecule has 3 aliphatic rings. The summed E-state index contributed by atoms with van der Waals surface area (Å²) in [5, 5.41) is 3.17. The van der Waals surface area contributed by atoms with Gasteiger partial charge in [0.2, 0.25) is 5.91 Å². The van der Waals surface area contributed by atoms with Gasteiger partial charge in [0.15, 0.2) is 0 Å². The van der Waals surface area contributed by atoms with E-state index in [4.69, 9.17) is 0 Å². The summed E-state index contributed by atoms with van der Waals surface area (Å²) in [4.78, 5) is 28.7. The van der Waals surface area contributed by atoms with E-state index in [1.165, 1.54) is 19.3 Å². The second-order valence-corrected chi connectivity index (χ2v) is 7.08. The van der Waals surface area contributed by atoms with Gasteiger partial charge in [0.1, 0.15) is 0 Å². The number of nitrogens with zero attached hydrogens (tertiary/aromatic N) is 2. The Morgan fingerprint density at radius 2 is 1.57 bits per heavy atom. The molecule has 0 aromatic heterocycles. The van der Waals surface area contributed by atoms with Crippen LogP contribution in [0.5, 0.6) is 0 Å². The first kappa shape index (κ1) is 16.3. The second-order valence-electron chi connectivity index (χ2n) is 7.08. The smallest absolute Gasteiger partial charge is 0.317 e. The Labute approximate surface area is 139 Å². The van der Waals surface area contributed by atoms with Crippen molar-refractivity contribution in [1.82, 2.24) is 15.1 Å². The van der Waals surface area contributed by atoms with Gasteiger partial charge < -0.3 is 15.1 Å². The quantitative estimate of drug-likeness (QED) is 0.795. The van der Waals surface area contributed by atoms with Crippen LogP contribution in [0.15, 0.2) is 12.2 Å². The third kappa shape index (κ3) is 4.27. The van der Waals surface area contributed by atoms with Gasteiger partial charge in [-0.15, -0.1) is 0 Å². The van der Waals surface area contributed by atoms with Gasteiger partial charge in [0, 0.05) is 38.1 Å². The molecule has 0 bridgehead atoms. The van der Waals surface area contributed by atoms with E-state index in [1.807, 2.05) is 9.80 Å². The van der Waals surface area contributed by atoms with E-state index in [9.17, 15) is 9.59 Å². The first-order chi connectivity index (χ1) is 11.2. The highest BCUT2D eigenvalue weighted by Gasteiger charge is 2.29. The van der Waals surface area contributed by atoms with Crippen molar-refractivity contribution >= 4 is 11.9 Å². The van der Waals surface area contributed by atoms with E-state index in [2.05, 4.69) is 17.5 Å². The molecule has 1 aliphatic heterocycles. The van der Waals surface area contributed by atoms with E-state index in [0.717, 1.165) is 32.1 Å². The Kier molecular flexibility index (Phi) is 5.57.